The summed E-state index contributed by atoms with van der Waals surface area (Å²) in [4.78, 5) is 19.2. The fraction of sp³-hybridized carbons (Fsp3) is 0.0172. The van der Waals surface area contributed by atoms with Crippen molar-refractivity contribution >= 4 is 21.8 Å². The molecule has 4 heteroatoms. The van der Waals surface area contributed by atoms with Gasteiger partial charge < -0.3 is 4.98 Å². The molecule has 2 heterocycles. The van der Waals surface area contributed by atoms with Gasteiger partial charge in [0.1, 0.15) is 0 Å². The van der Waals surface area contributed by atoms with E-state index in [9.17, 15) is 0 Å². The Kier molecular flexibility index (Phi) is 8.36. The largest absolute Gasteiger partial charge is 0.355 e. The summed E-state index contributed by atoms with van der Waals surface area (Å²) in [6.45, 7) is 0. The van der Waals surface area contributed by atoms with Gasteiger partial charge in [0.2, 0.25) is 0 Å². The molecule has 0 fully saturated rings. The third-order valence-electron chi connectivity index (χ3n) is 12.5. The SMILES string of the molecule is c1ccc(-c2cccc(-c3cccc(-c4nc(-c5ccccc5)nc(-c5ccc6[nH]c7cc(C8(c9ccccc9)c9ccccc9-c9ccccc98)ccc7c6c5)n4)c3)c2)cc1. The summed E-state index contributed by atoms with van der Waals surface area (Å²) in [6.07, 6.45) is 0. The Morgan fingerprint density at radius 3 is 1.42 bits per heavy atom. The van der Waals surface area contributed by atoms with Gasteiger partial charge in [-0.3, -0.25) is 0 Å². The second kappa shape index (κ2) is 14.5. The van der Waals surface area contributed by atoms with E-state index in [0.717, 1.165) is 49.6 Å². The van der Waals surface area contributed by atoms with Crippen LogP contribution in [0.4, 0.5) is 0 Å². The van der Waals surface area contributed by atoms with Gasteiger partial charge in [-0.1, -0.05) is 188 Å². The Hall–Kier alpha value is -8.21. The summed E-state index contributed by atoms with van der Waals surface area (Å²) >= 11 is 0. The number of nitrogens with one attached hydrogen (secondary N) is 1. The number of benzene rings is 9. The third-order valence-corrected chi connectivity index (χ3v) is 12.5. The summed E-state index contributed by atoms with van der Waals surface area (Å²) in [5.74, 6) is 1.89. The number of aromatic nitrogens is 4. The number of fused-ring (bicyclic) bond motifs is 6. The number of hydrogen-bond donors (Lipinski definition) is 1. The minimum atomic E-state index is -0.470. The molecule has 290 valence electrons. The second-order valence-corrected chi connectivity index (χ2v) is 16.1. The summed E-state index contributed by atoms with van der Waals surface area (Å²) < 4.78 is 0. The van der Waals surface area contributed by atoms with E-state index in [1.54, 1.807) is 0 Å². The molecule has 0 bridgehead atoms. The Bertz CT molecular complexity index is 3420. The van der Waals surface area contributed by atoms with E-state index in [2.05, 4.69) is 205 Å². The normalized spacial score (nSPS) is 12.6. The molecule has 2 aromatic heterocycles. The van der Waals surface area contributed by atoms with Crippen LogP contribution in [-0.4, -0.2) is 19.9 Å². The monoisotopic (exact) mass is 790 g/mol. The van der Waals surface area contributed by atoms with Crippen LogP contribution in [0.25, 0.3) is 89.4 Å². The van der Waals surface area contributed by atoms with Crippen molar-refractivity contribution in [1.82, 2.24) is 19.9 Å². The average Bonchev–Trinajstić information content (AvgIpc) is 3.88. The average molecular weight is 791 g/mol. The van der Waals surface area contributed by atoms with Crippen molar-refractivity contribution in [2.45, 2.75) is 5.41 Å². The zero-order valence-electron chi connectivity index (χ0n) is 33.7. The van der Waals surface area contributed by atoms with E-state index in [1.807, 2.05) is 24.3 Å². The topological polar surface area (TPSA) is 54.5 Å². The van der Waals surface area contributed by atoms with Gasteiger partial charge in [-0.25, -0.2) is 15.0 Å². The Balaban J connectivity index is 0.981. The predicted octanol–water partition coefficient (Wildman–Crippen LogP) is 14.2. The van der Waals surface area contributed by atoms with Gasteiger partial charge in [-0.2, -0.15) is 0 Å². The summed E-state index contributed by atoms with van der Waals surface area (Å²) in [7, 11) is 0. The van der Waals surface area contributed by atoms with E-state index in [4.69, 9.17) is 15.0 Å². The quantitative estimate of drug-likeness (QED) is 0.175. The van der Waals surface area contributed by atoms with Crippen molar-refractivity contribution in [2.75, 3.05) is 0 Å². The molecule has 62 heavy (non-hydrogen) atoms. The molecular weight excluding hydrogens is 753 g/mol. The highest BCUT2D eigenvalue weighted by Gasteiger charge is 2.46. The molecule has 0 radical (unpaired) electrons. The highest BCUT2D eigenvalue weighted by atomic mass is 15.0. The fourth-order valence-electron chi connectivity index (χ4n) is 9.69. The lowest BCUT2D eigenvalue weighted by molar-refractivity contribution is 0.770. The van der Waals surface area contributed by atoms with Crippen LogP contribution < -0.4 is 0 Å². The maximum atomic E-state index is 5.19. The van der Waals surface area contributed by atoms with Gasteiger partial charge in [-0.15, -0.1) is 0 Å². The second-order valence-electron chi connectivity index (χ2n) is 16.1. The standard InChI is InChI=1S/C58H38N4/c1-4-16-38(17-5-1)40-20-14-21-41(34-40)42-22-15-23-43(35-42)56-60-55(39-18-6-2-7-19-39)61-57(62-56)44-30-33-53-50(36-44)49-32-31-46(37-54(49)59-53)58(45-24-8-3-9-25-45)51-28-12-10-26-47(51)48-27-11-13-29-52(48)58/h1-37,59H. The maximum Gasteiger partial charge on any atom is 0.164 e. The molecule has 1 aliphatic rings. The minimum Gasteiger partial charge on any atom is -0.355 e. The highest BCUT2D eigenvalue weighted by molar-refractivity contribution is 6.09. The molecule has 9 aromatic carbocycles. The zero-order chi connectivity index (χ0) is 41.0. The van der Waals surface area contributed by atoms with Gasteiger partial charge in [0.05, 0.1) is 5.41 Å². The molecule has 1 aliphatic carbocycles. The lowest BCUT2D eigenvalue weighted by Crippen LogP contribution is -2.28. The molecule has 0 spiro atoms. The Labute approximate surface area is 359 Å². The zero-order valence-corrected chi connectivity index (χ0v) is 33.7. The van der Waals surface area contributed by atoms with Gasteiger partial charge in [0.15, 0.2) is 17.5 Å². The smallest absolute Gasteiger partial charge is 0.164 e. The molecule has 11 aromatic rings. The first-order chi connectivity index (χ1) is 30.7. The molecule has 0 amide bonds. The summed E-state index contributed by atoms with van der Waals surface area (Å²) in [5, 5.41) is 2.27. The van der Waals surface area contributed by atoms with Gasteiger partial charge >= 0.3 is 0 Å². The van der Waals surface area contributed by atoms with Crippen molar-refractivity contribution in [3.8, 4) is 67.5 Å². The van der Waals surface area contributed by atoms with Gasteiger partial charge in [0.25, 0.3) is 0 Å². The molecular formula is C58H38N4. The number of hydrogen-bond acceptors (Lipinski definition) is 3. The van der Waals surface area contributed by atoms with E-state index in [0.29, 0.717) is 17.5 Å². The molecule has 4 nitrogen and oxygen atoms in total. The molecule has 0 atom stereocenters. The maximum absolute atomic E-state index is 5.19. The number of aromatic amines is 1. The number of rotatable bonds is 7. The number of nitrogens with zero attached hydrogens (tertiary/aromatic N) is 3. The van der Waals surface area contributed by atoms with Gasteiger partial charge in [0, 0.05) is 38.5 Å². The van der Waals surface area contributed by atoms with Crippen LogP contribution >= 0.6 is 0 Å². The van der Waals surface area contributed by atoms with Crippen LogP contribution in [0.1, 0.15) is 22.3 Å². The van der Waals surface area contributed by atoms with E-state index in [-0.39, 0.29) is 0 Å². The molecule has 12 rings (SSSR count). The van der Waals surface area contributed by atoms with Crippen LogP contribution in [-0.2, 0) is 5.41 Å². The third kappa shape index (κ3) is 5.80. The van der Waals surface area contributed by atoms with Crippen LogP contribution in [0.5, 0.6) is 0 Å². The van der Waals surface area contributed by atoms with Crippen molar-refractivity contribution in [2.24, 2.45) is 0 Å². The minimum absolute atomic E-state index is 0.470. The van der Waals surface area contributed by atoms with Crippen LogP contribution in [0.3, 0.4) is 0 Å². The van der Waals surface area contributed by atoms with Crippen LogP contribution in [0.2, 0.25) is 0 Å². The molecule has 0 saturated heterocycles. The molecule has 1 N–H and O–H groups in total. The Morgan fingerprint density at radius 1 is 0.290 bits per heavy atom. The summed E-state index contributed by atoms with van der Waals surface area (Å²) in [5.41, 5.74) is 16.7. The van der Waals surface area contributed by atoms with Crippen molar-refractivity contribution in [3.05, 3.63) is 247 Å². The highest BCUT2D eigenvalue weighted by Crippen LogP contribution is 2.56. The summed E-state index contributed by atoms with van der Waals surface area (Å²) in [6, 6.07) is 80.0. The van der Waals surface area contributed by atoms with Crippen LogP contribution in [0, 0.1) is 0 Å². The van der Waals surface area contributed by atoms with Gasteiger partial charge in [-0.05, 0) is 92.0 Å². The molecule has 0 unspecified atom stereocenters. The first-order valence-electron chi connectivity index (χ1n) is 21.1. The predicted molar refractivity (Wildman–Crippen MR) is 254 cm³/mol. The van der Waals surface area contributed by atoms with Crippen molar-refractivity contribution < 1.29 is 0 Å². The Morgan fingerprint density at radius 2 is 0.774 bits per heavy atom. The van der Waals surface area contributed by atoms with Crippen molar-refractivity contribution in [3.63, 3.8) is 0 Å². The van der Waals surface area contributed by atoms with E-state index < -0.39 is 5.41 Å². The lowest BCUT2D eigenvalue weighted by Gasteiger charge is -2.33. The number of H-pyrrole nitrogens is 1. The first kappa shape index (κ1) is 35.7. The van der Waals surface area contributed by atoms with E-state index >= 15 is 0 Å². The first-order valence-corrected chi connectivity index (χ1v) is 21.1. The lowest BCUT2D eigenvalue weighted by atomic mass is 9.67. The van der Waals surface area contributed by atoms with Crippen molar-refractivity contribution in [1.29, 1.82) is 0 Å². The molecule has 0 saturated carbocycles. The van der Waals surface area contributed by atoms with Crippen LogP contribution in [0.15, 0.2) is 224 Å². The van der Waals surface area contributed by atoms with E-state index in [1.165, 1.54) is 44.5 Å². The fourth-order valence-corrected chi connectivity index (χ4v) is 9.69. The molecule has 0 aliphatic heterocycles.